The molecule has 283 valence electrons. The number of allylic oxidation sites excluding steroid dienone is 5. The molecule has 0 unspecified atom stereocenters. The van der Waals surface area contributed by atoms with Crippen molar-refractivity contribution in [1.29, 1.82) is 0 Å². The van der Waals surface area contributed by atoms with E-state index in [9.17, 15) is 0 Å². The number of hydrogen-bond acceptors (Lipinski definition) is 5. The summed E-state index contributed by atoms with van der Waals surface area (Å²) in [6, 6.07) is 31.9. The predicted molar refractivity (Wildman–Crippen MR) is 250 cm³/mol. The third-order valence-electron chi connectivity index (χ3n) is 11.0. The van der Waals surface area contributed by atoms with Crippen LogP contribution in [0.15, 0.2) is 128 Å². The Hall–Kier alpha value is -6.44. The fraction of sp³-hybridized carbons (Fsp3) is 0.137. The van der Waals surface area contributed by atoms with Crippen molar-refractivity contribution in [2.45, 2.75) is 46.9 Å². The largest absolute Gasteiger partial charge is 0.309 e. The predicted octanol–water partition coefficient (Wildman–Crippen LogP) is 13.5. The first-order chi connectivity index (χ1) is 28.3. The van der Waals surface area contributed by atoms with Gasteiger partial charge in [0.15, 0.2) is 24.8 Å². The minimum Gasteiger partial charge on any atom is -0.309 e. The molecule has 58 heavy (non-hydrogen) atoms. The van der Waals surface area contributed by atoms with E-state index in [1.54, 1.807) is 11.3 Å². The summed E-state index contributed by atoms with van der Waals surface area (Å²) < 4.78 is 3.51. The van der Waals surface area contributed by atoms with Crippen LogP contribution >= 0.6 is 11.3 Å². The van der Waals surface area contributed by atoms with E-state index in [1.165, 1.54) is 27.0 Å². The van der Waals surface area contributed by atoms with E-state index >= 15 is 0 Å². The molecule has 1 aliphatic carbocycles. The highest BCUT2D eigenvalue weighted by Gasteiger charge is 2.37. The van der Waals surface area contributed by atoms with Gasteiger partial charge < -0.3 is 4.57 Å². The van der Waals surface area contributed by atoms with Gasteiger partial charge in [0.05, 0.1) is 21.6 Å². The van der Waals surface area contributed by atoms with Gasteiger partial charge in [-0.25, -0.2) is 19.9 Å². The smallest absolute Gasteiger partial charge is 0.164 e. The molecule has 0 saturated carbocycles. The number of aromatic nitrogens is 5. The van der Waals surface area contributed by atoms with Crippen LogP contribution in [0.4, 0.5) is 0 Å². The Kier molecular flexibility index (Phi) is 10.5. The number of fused-ring (bicyclic) bond motifs is 5. The molecular weight excluding hydrogens is 725 g/mol. The Bertz CT molecular complexity index is 2850. The summed E-state index contributed by atoms with van der Waals surface area (Å²) in [5.74, 6) is 1.81. The molecular formula is C51H45BN5S. The fourth-order valence-electron chi connectivity index (χ4n) is 8.13. The molecule has 5 nitrogen and oxygen atoms in total. The molecule has 0 amide bonds. The van der Waals surface area contributed by atoms with Crippen LogP contribution in [0.2, 0.25) is 6.82 Å². The SMILES string of the molecule is C=Cc1c(/C=C(\[B]C)c2nc(C(/C=C\C)=C/C)nc(-c3ccccc3)n2)c(C=C)n(-c2ccc3c(c2)-c2c(ccc4nc(-c5ccccc5)sc24)C3(C)C)c1/C=C\C. The second-order valence-electron chi connectivity index (χ2n) is 14.7. The first kappa shape index (κ1) is 38.4. The maximum atomic E-state index is 5.12. The van der Waals surface area contributed by atoms with Gasteiger partial charge in [-0.3, -0.25) is 0 Å². The normalized spacial score (nSPS) is 13.7. The highest BCUT2D eigenvalue weighted by Crippen LogP contribution is 2.53. The van der Waals surface area contributed by atoms with Crippen molar-refractivity contribution in [1.82, 2.24) is 24.5 Å². The lowest BCUT2D eigenvalue weighted by Gasteiger charge is -2.21. The zero-order chi connectivity index (χ0) is 40.6. The molecule has 7 aromatic rings. The number of benzene rings is 4. The van der Waals surface area contributed by atoms with Gasteiger partial charge in [0.2, 0.25) is 0 Å². The van der Waals surface area contributed by atoms with Crippen molar-refractivity contribution in [3.63, 3.8) is 0 Å². The molecule has 8 rings (SSSR count). The second-order valence-corrected chi connectivity index (χ2v) is 15.7. The average Bonchev–Trinajstić information content (AvgIpc) is 3.90. The van der Waals surface area contributed by atoms with Crippen LogP contribution < -0.4 is 0 Å². The molecule has 0 bridgehead atoms. The summed E-state index contributed by atoms with van der Waals surface area (Å²) in [6.45, 7) is 21.4. The van der Waals surface area contributed by atoms with Crippen LogP contribution in [0.1, 0.15) is 79.9 Å². The highest BCUT2D eigenvalue weighted by atomic mass is 32.1. The van der Waals surface area contributed by atoms with Crippen molar-refractivity contribution in [3.05, 3.63) is 174 Å². The molecule has 0 saturated heterocycles. The summed E-state index contributed by atoms with van der Waals surface area (Å²) in [7, 11) is 2.06. The third kappa shape index (κ3) is 6.55. The Labute approximate surface area is 346 Å². The Morgan fingerprint density at radius 2 is 1.45 bits per heavy atom. The maximum absolute atomic E-state index is 5.12. The average molecular weight is 771 g/mol. The van der Waals surface area contributed by atoms with Crippen LogP contribution in [-0.4, -0.2) is 31.8 Å². The van der Waals surface area contributed by atoms with Gasteiger partial charge in [0.1, 0.15) is 5.01 Å². The van der Waals surface area contributed by atoms with E-state index in [-0.39, 0.29) is 5.41 Å². The summed E-state index contributed by atoms with van der Waals surface area (Å²) in [5.41, 5.74) is 14.8. The lowest BCUT2D eigenvalue weighted by atomic mass is 9.71. The van der Waals surface area contributed by atoms with Crippen LogP contribution in [0.5, 0.6) is 0 Å². The molecule has 0 fully saturated rings. The molecule has 1 aliphatic rings. The minimum absolute atomic E-state index is 0.174. The molecule has 3 aromatic heterocycles. The molecule has 4 aromatic carbocycles. The van der Waals surface area contributed by atoms with Gasteiger partial charge >= 0.3 is 0 Å². The maximum Gasteiger partial charge on any atom is 0.164 e. The van der Waals surface area contributed by atoms with E-state index in [0.717, 1.165) is 60.9 Å². The van der Waals surface area contributed by atoms with Crippen molar-refractivity contribution in [2.75, 3.05) is 0 Å². The minimum atomic E-state index is -0.174. The zero-order valence-corrected chi connectivity index (χ0v) is 34.7. The van der Waals surface area contributed by atoms with Crippen LogP contribution in [0.25, 0.3) is 84.3 Å². The molecule has 3 heterocycles. The van der Waals surface area contributed by atoms with Crippen LogP contribution in [0, 0.1) is 0 Å². The molecule has 0 N–H and O–H groups in total. The van der Waals surface area contributed by atoms with Crippen LogP contribution in [0.3, 0.4) is 0 Å². The number of hydrogen-bond donors (Lipinski definition) is 0. The Morgan fingerprint density at radius 1 is 0.741 bits per heavy atom. The lowest BCUT2D eigenvalue weighted by Crippen LogP contribution is -2.15. The fourth-order valence-corrected chi connectivity index (χ4v) is 9.26. The van der Waals surface area contributed by atoms with Crippen molar-refractivity contribution >= 4 is 64.2 Å². The summed E-state index contributed by atoms with van der Waals surface area (Å²) in [6.07, 6.45) is 16.3. The highest BCUT2D eigenvalue weighted by molar-refractivity contribution is 7.22. The van der Waals surface area contributed by atoms with Crippen molar-refractivity contribution in [3.8, 4) is 38.8 Å². The Balaban J connectivity index is 1.33. The summed E-state index contributed by atoms with van der Waals surface area (Å²) in [4.78, 5) is 20.1. The number of rotatable bonds is 11. The first-order valence-corrected chi connectivity index (χ1v) is 20.5. The quantitative estimate of drug-likeness (QED) is 0.0971. The standard InChI is InChI=1S/C51H45BN5S/c1-9-20-32(11-3)47-54-48(33-22-16-14-17-23-33)56-49(55-47)41(52-8)31-37-36(12-4)44(21-10-2)57(43(37)13-5)35-26-27-39-38(30-35)45-40(51(39,6)7)28-29-42-46(45)58-50(53-42)34-24-18-15-19-25-34/h9-31H,4-5H2,1-3,6-8H3/b20-9-,21-10-,32-11+,41-31-. The summed E-state index contributed by atoms with van der Waals surface area (Å²) >= 11 is 1.77. The van der Waals surface area contributed by atoms with E-state index in [2.05, 4.69) is 112 Å². The molecule has 0 aliphatic heterocycles. The van der Waals surface area contributed by atoms with Gasteiger partial charge in [-0.1, -0.05) is 143 Å². The lowest BCUT2D eigenvalue weighted by molar-refractivity contribution is 0.660. The summed E-state index contributed by atoms with van der Waals surface area (Å²) in [5, 5.41) is 1.03. The topological polar surface area (TPSA) is 56.5 Å². The zero-order valence-electron chi connectivity index (χ0n) is 33.9. The van der Waals surface area contributed by atoms with Gasteiger partial charge in [0.25, 0.3) is 0 Å². The van der Waals surface area contributed by atoms with Crippen molar-refractivity contribution < 1.29 is 0 Å². The van der Waals surface area contributed by atoms with E-state index < -0.39 is 0 Å². The Morgan fingerprint density at radius 3 is 2.10 bits per heavy atom. The van der Waals surface area contributed by atoms with Gasteiger partial charge in [-0.15, -0.1) is 11.3 Å². The van der Waals surface area contributed by atoms with E-state index in [4.69, 9.17) is 19.9 Å². The molecule has 0 spiro atoms. The third-order valence-corrected chi connectivity index (χ3v) is 12.1. The molecule has 0 atom stereocenters. The van der Waals surface area contributed by atoms with Gasteiger partial charge in [0, 0.05) is 44.5 Å². The van der Waals surface area contributed by atoms with E-state index in [1.807, 2.05) is 94.4 Å². The van der Waals surface area contributed by atoms with Crippen LogP contribution in [-0.2, 0) is 5.41 Å². The van der Waals surface area contributed by atoms with E-state index in [0.29, 0.717) is 17.5 Å². The molecule has 1 radical (unpaired) electrons. The second kappa shape index (κ2) is 15.8. The first-order valence-electron chi connectivity index (χ1n) is 19.7. The van der Waals surface area contributed by atoms with Gasteiger partial charge in [-0.2, -0.15) is 0 Å². The monoisotopic (exact) mass is 770 g/mol. The van der Waals surface area contributed by atoms with Gasteiger partial charge in [-0.05, 0) is 73.3 Å². The molecule has 7 heteroatoms. The number of nitrogens with zero attached hydrogens (tertiary/aromatic N) is 5. The number of thiazole rings is 1. The van der Waals surface area contributed by atoms with Crippen molar-refractivity contribution in [2.24, 2.45) is 0 Å².